The van der Waals surface area contributed by atoms with Crippen molar-refractivity contribution in [2.75, 3.05) is 24.2 Å². The van der Waals surface area contributed by atoms with Crippen LogP contribution in [0.2, 0.25) is 0 Å². The summed E-state index contributed by atoms with van der Waals surface area (Å²) in [5.41, 5.74) is 1.26. The second kappa shape index (κ2) is 5.18. The molecule has 0 amide bonds. The highest BCUT2D eigenvalue weighted by Crippen LogP contribution is 2.21. The van der Waals surface area contributed by atoms with Crippen molar-refractivity contribution in [2.24, 2.45) is 0 Å². The fourth-order valence-corrected chi connectivity index (χ4v) is 2.12. The van der Waals surface area contributed by atoms with Gasteiger partial charge in [0, 0.05) is 0 Å². The van der Waals surface area contributed by atoms with Crippen molar-refractivity contribution in [1.29, 1.82) is 0 Å². The van der Waals surface area contributed by atoms with Gasteiger partial charge in [0.2, 0.25) is 10.0 Å². The number of ether oxygens (including phenoxy) is 1. The lowest BCUT2D eigenvalue weighted by Crippen LogP contribution is -2.19. The normalized spacial score (nSPS) is 11.2. The smallest absolute Gasteiger partial charge is 0.234 e. The second-order valence-electron chi connectivity index (χ2n) is 3.33. The topological polar surface area (TPSA) is 75.6 Å². The standard InChI is InChI=1S/C10H15NO4S/c1-8-7-9(15-2)3-4-10(8)11-16(13,14)6-5-12/h3-4,7,11-12H,5-6H2,1-2H3. The summed E-state index contributed by atoms with van der Waals surface area (Å²) >= 11 is 0. The minimum Gasteiger partial charge on any atom is -0.497 e. The third kappa shape index (κ3) is 3.39. The minimum atomic E-state index is -3.47. The number of anilines is 1. The molecule has 1 aromatic carbocycles. The maximum Gasteiger partial charge on any atom is 0.234 e. The van der Waals surface area contributed by atoms with Gasteiger partial charge >= 0.3 is 0 Å². The van der Waals surface area contributed by atoms with Crippen molar-refractivity contribution < 1.29 is 18.3 Å². The number of aliphatic hydroxyl groups is 1. The van der Waals surface area contributed by atoms with Crippen LogP contribution in [0.4, 0.5) is 5.69 Å². The van der Waals surface area contributed by atoms with E-state index in [9.17, 15) is 8.42 Å². The lowest BCUT2D eigenvalue weighted by Gasteiger charge is -2.10. The van der Waals surface area contributed by atoms with Crippen LogP contribution in [0.15, 0.2) is 18.2 Å². The van der Waals surface area contributed by atoms with Gasteiger partial charge < -0.3 is 9.84 Å². The van der Waals surface area contributed by atoms with Crippen molar-refractivity contribution in [3.05, 3.63) is 23.8 Å². The second-order valence-corrected chi connectivity index (χ2v) is 5.17. The SMILES string of the molecule is COc1ccc(NS(=O)(=O)CCO)c(C)c1. The summed E-state index contributed by atoms with van der Waals surface area (Å²) in [5, 5.41) is 8.59. The van der Waals surface area contributed by atoms with Gasteiger partial charge in [-0.25, -0.2) is 8.42 Å². The Morgan fingerprint density at radius 2 is 2.12 bits per heavy atom. The van der Waals surface area contributed by atoms with Gasteiger partial charge in [0.25, 0.3) is 0 Å². The highest BCUT2D eigenvalue weighted by atomic mass is 32.2. The molecule has 0 aromatic heterocycles. The Labute approximate surface area is 95.1 Å². The van der Waals surface area contributed by atoms with Crippen LogP contribution >= 0.6 is 0 Å². The van der Waals surface area contributed by atoms with E-state index in [1.54, 1.807) is 32.2 Å². The fraction of sp³-hybridized carbons (Fsp3) is 0.400. The van der Waals surface area contributed by atoms with Crippen LogP contribution in [0.1, 0.15) is 5.56 Å². The van der Waals surface area contributed by atoms with E-state index >= 15 is 0 Å². The molecular weight excluding hydrogens is 230 g/mol. The molecule has 0 saturated carbocycles. The van der Waals surface area contributed by atoms with Gasteiger partial charge in [-0.15, -0.1) is 0 Å². The van der Waals surface area contributed by atoms with E-state index in [4.69, 9.17) is 9.84 Å². The van der Waals surface area contributed by atoms with E-state index < -0.39 is 16.6 Å². The van der Waals surface area contributed by atoms with Gasteiger partial charge in [-0.2, -0.15) is 0 Å². The van der Waals surface area contributed by atoms with Crippen molar-refractivity contribution in [3.63, 3.8) is 0 Å². The number of nitrogens with one attached hydrogen (secondary N) is 1. The average Bonchev–Trinajstić information content (AvgIpc) is 2.20. The van der Waals surface area contributed by atoms with Crippen LogP contribution in [0, 0.1) is 6.92 Å². The summed E-state index contributed by atoms with van der Waals surface area (Å²) < 4.78 is 30.2. The molecule has 1 rings (SSSR count). The van der Waals surface area contributed by atoms with E-state index in [1.165, 1.54) is 0 Å². The number of hydrogen-bond donors (Lipinski definition) is 2. The molecule has 0 aliphatic carbocycles. The Morgan fingerprint density at radius 1 is 1.44 bits per heavy atom. The van der Waals surface area contributed by atoms with Gasteiger partial charge in [0.05, 0.1) is 25.2 Å². The highest BCUT2D eigenvalue weighted by molar-refractivity contribution is 7.92. The third-order valence-corrected chi connectivity index (χ3v) is 3.31. The predicted octanol–water partition coefficient (Wildman–Crippen LogP) is 0.738. The molecule has 0 bridgehead atoms. The molecule has 2 N–H and O–H groups in total. The molecule has 0 radical (unpaired) electrons. The zero-order valence-electron chi connectivity index (χ0n) is 9.23. The summed E-state index contributed by atoms with van der Waals surface area (Å²) in [5.74, 6) is 0.362. The first-order valence-corrected chi connectivity index (χ1v) is 6.40. The van der Waals surface area contributed by atoms with Gasteiger partial charge in [0.15, 0.2) is 0 Å². The van der Waals surface area contributed by atoms with Crippen molar-refractivity contribution in [1.82, 2.24) is 0 Å². The molecular formula is C10H15NO4S. The third-order valence-electron chi connectivity index (χ3n) is 2.06. The summed E-state index contributed by atoms with van der Waals surface area (Å²) in [7, 11) is -1.92. The number of benzene rings is 1. The van der Waals surface area contributed by atoms with Crippen LogP contribution in [-0.2, 0) is 10.0 Å². The Kier molecular flexibility index (Phi) is 4.14. The van der Waals surface area contributed by atoms with Crippen molar-refractivity contribution >= 4 is 15.7 Å². The number of sulfonamides is 1. The average molecular weight is 245 g/mol. The molecule has 5 nitrogen and oxygen atoms in total. The van der Waals surface area contributed by atoms with Gasteiger partial charge in [-0.1, -0.05) is 0 Å². The summed E-state index contributed by atoms with van der Waals surface area (Å²) in [4.78, 5) is 0. The van der Waals surface area contributed by atoms with Gasteiger partial charge in [-0.05, 0) is 30.7 Å². The van der Waals surface area contributed by atoms with E-state index in [0.29, 0.717) is 11.4 Å². The molecule has 90 valence electrons. The van der Waals surface area contributed by atoms with Crippen molar-refractivity contribution in [3.8, 4) is 5.75 Å². The van der Waals surface area contributed by atoms with E-state index in [0.717, 1.165) is 5.56 Å². The van der Waals surface area contributed by atoms with Gasteiger partial charge in [-0.3, -0.25) is 4.72 Å². The number of aliphatic hydroxyl groups excluding tert-OH is 1. The molecule has 0 unspecified atom stereocenters. The van der Waals surface area contributed by atoms with Crippen LogP contribution in [0.25, 0.3) is 0 Å². The van der Waals surface area contributed by atoms with Gasteiger partial charge in [0.1, 0.15) is 5.75 Å². The number of aryl methyl sites for hydroxylation is 1. The number of rotatable bonds is 5. The summed E-state index contributed by atoms with van der Waals surface area (Å²) in [6.07, 6.45) is 0. The first-order chi connectivity index (χ1) is 7.48. The Hall–Kier alpha value is -1.27. The molecule has 16 heavy (non-hydrogen) atoms. The Morgan fingerprint density at radius 3 is 2.62 bits per heavy atom. The van der Waals surface area contributed by atoms with E-state index in [2.05, 4.69) is 4.72 Å². The molecule has 0 aliphatic heterocycles. The first kappa shape index (κ1) is 12.8. The maximum atomic E-state index is 11.4. The van der Waals surface area contributed by atoms with Crippen molar-refractivity contribution in [2.45, 2.75) is 6.92 Å². The Bertz CT molecular complexity index is 456. The molecule has 0 saturated heterocycles. The summed E-state index contributed by atoms with van der Waals surface area (Å²) in [6, 6.07) is 5.03. The van der Waals surface area contributed by atoms with Crippen LogP contribution in [-0.4, -0.2) is 33.0 Å². The lowest BCUT2D eigenvalue weighted by atomic mass is 10.2. The quantitative estimate of drug-likeness (QED) is 0.802. The molecule has 6 heteroatoms. The van der Waals surface area contributed by atoms with E-state index in [-0.39, 0.29) is 5.75 Å². The fourth-order valence-electron chi connectivity index (χ4n) is 1.22. The zero-order chi connectivity index (χ0) is 12.2. The monoisotopic (exact) mass is 245 g/mol. The first-order valence-electron chi connectivity index (χ1n) is 4.74. The number of hydrogen-bond acceptors (Lipinski definition) is 4. The minimum absolute atomic E-state index is 0.307. The lowest BCUT2D eigenvalue weighted by molar-refractivity contribution is 0.320. The molecule has 0 fully saturated rings. The Balaban J connectivity index is 2.90. The van der Waals surface area contributed by atoms with Crippen LogP contribution in [0.3, 0.4) is 0 Å². The highest BCUT2D eigenvalue weighted by Gasteiger charge is 2.11. The van der Waals surface area contributed by atoms with Crippen LogP contribution in [0.5, 0.6) is 5.75 Å². The predicted molar refractivity (Wildman–Crippen MR) is 62.2 cm³/mol. The summed E-state index contributed by atoms with van der Waals surface area (Å²) in [6.45, 7) is 1.38. The maximum absolute atomic E-state index is 11.4. The molecule has 0 atom stereocenters. The molecule has 0 spiro atoms. The van der Waals surface area contributed by atoms with E-state index in [1.807, 2.05) is 0 Å². The number of methoxy groups -OCH3 is 1. The molecule has 0 aliphatic rings. The molecule has 1 aromatic rings. The zero-order valence-corrected chi connectivity index (χ0v) is 10.0. The largest absolute Gasteiger partial charge is 0.497 e. The molecule has 0 heterocycles. The van der Waals surface area contributed by atoms with Crippen LogP contribution < -0.4 is 9.46 Å².